The van der Waals surface area contributed by atoms with E-state index in [1.165, 1.54) is 17.5 Å². The van der Waals surface area contributed by atoms with Gasteiger partial charge in [-0.05, 0) is 0 Å². The zero-order valence-corrected chi connectivity index (χ0v) is 4.89. The highest BCUT2D eigenvalue weighted by molar-refractivity contribution is 5.35. The zero-order valence-electron chi connectivity index (χ0n) is 4.89. The number of nitrogens with zero attached hydrogens (tertiary/aromatic N) is 3. The van der Waals surface area contributed by atoms with E-state index < -0.39 is 0 Å². The molecule has 1 aliphatic rings. The third-order valence-electron chi connectivity index (χ3n) is 1.02. The van der Waals surface area contributed by atoms with Gasteiger partial charge in [-0.25, -0.2) is 5.01 Å². The van der Waals surface area contributed by atoms with Crippen LogP contribution in [0.1, 0.15) is 0 Å². The largest absolute Gasteiger partial charge is 0.395 e. The molecule has 0 fully saturated rings. The van der Waals surface area contributed by atoms with Crippen molar-refractivity contribution in [3.8, 4) is 0 Å². The minimum absolute atomic E-state index is 0.550. The molecule has 0 radical (unpaired) electrons. The molecule has 2 heterocycles. The maximum Gasteiger partial charge on any atom is 0.213 e. The summed E-state index contributed by atoms with van der Waals surface area (Å²) in [5.74, 6) is 0.550. The van der Waals surface area contributed by atoms with Crippen molar-refractivity contribution in [2.45, 2.75) is 0 Å². The second-order valence-electron chi connectivity index (χ2n) is 1.63. The fraction of sp³-hybridized carbons (Fsp3) is 0. The molecule has 0 bridgehead atoms. The lowest BCUT2D eigenvalue weighted by Crippen LogP contribution is -2.27. The summed E-state index contributed by atoms with van der Waals surface area (Å²) in [6.45, 7) is 0. The van der Waals surface area contributed by atoms with Crippen LogP contribution in [0.5, 0.6) is 0 Å². The zero-order chi connectivity index (χ0) is 6.81. The van der Waals surface area contributed by atoms with E-state index in [-0.39, 0.29) is 0 Å². The lowest BCUT2D eigenvalue weighted by atomic mass is 10.7. The first-order chi connectivity index (χ1) is 4.97. The van der Waals surface area contributed by atoms with Crippen molar-refractivity contribution < 1.29 is 9.36 Å². The van der Waals surface area contributed by atoms with Crippen molar-refractivity contribution in [1.82, 2.24) is 16.0 Å². The highest BCUT2D eigenvalue weighted by atomic mass is 16.7. The Bertz CT molecular complexity index is 231. The molecule has 1 N–H and O–H groups in total. The van der Waals surface area contributed by atoms with Crippen LogP contribution in [0.2, 0.25) is 0 Å². The topological polar surface area (TPSA) is 63.4 Å². The van der Waals surface area contributed by atoms with Gasteiger partial charge in [0.1, 0.15) is 6.26 Å². The van der Waals surface area contributed by atoms with E-state index in [1.54, 1.807) is 6.20 Å². The van der Waals surface area contributed by atoms with Crippen molar-refractivity contribution in [3.63, 3.8) is 0 Å². The third-order valence-corrected chi connectivity index (χ3v) is 1.02. The lowest BCUT2D eigenvalue weighted by Gasteiger charge is -2.06. The Morgan fingerprint density at radius 1 is 1.60 bits per heavy atom. The summed E-state index contributed by atoms with van der Waals surface area (Å²) < 4.78 is 4.49. The SMILES string of the molecule is C1=CN(c2conn2)NO1. The second-order valence-corrected chi connectivity index (χ2v) is 1.63. The van der Waals surface area contributed by atoms with Gasteiger partial charge in [0.2, 0.25) is 5.82 Å². The molecule has 0 amide bonds. The van der Waals surface area contributed by atoms with E-state index >= 15 is 0 Å². The molecular formula is C4H4N4O2. The molecule has 1 aromatic heterocycles. The predicted octanol–water partition coefficient (Wildman–Crippen LogP) is -0.203. The van der Waals surface area contributed by atoms with Crippen LogP contribution in [0.4, 0.5) is 5.82 Å². The molecule has 0 atom stereocenters. The highest BCUT2D eigenvalue weighted by Gasteiger charge is 2.09. The molecule has 2 rings (SSSR count). The molecular weight excluding hydrogens is 136 g/mol. The molecule has 0 aliphatic carbocycles. The molecule has 52 valence electrons. The van der Waals surface area contributed by atoms with Gasteiger partial charge in [0, 0.05) is 5.27 Å². The van der Waals surface area contributed by atoms with Crippen molar-refractivity contribution >= 4 is 5.82 Å². The Labute approximate surface area is 56.0 Å². The fourth-order valence-electron chi connectivity index (χ4n) is 0.597. The van der Waals surface area contributed by atoms with Gasteiger partial charge < -0.3 is 9.36 Å². The Kier molecular flexibility index (Phi) is 1.05. The van der Waals surface area contributed by atoms with Gasteiger partial charge in [0.15, 0.2) is 6.26 Å². The van der Waals surface area contributed by atoms with Crippen LogP contribution < -0.4 is 10.6 Å². The Balaban J connectivity index is 2.20. The van der Waals surface area contributed by atoms with Gasteiger partial charge in [0.05, 0.1) is 6.20 Å². The van der Waals surface area contributed by atoms with Crippen molar-refractivity contribution in [2.75, 3.05) is 5.01 Å². The van der Waals surface area contributed by atoms with E-state index in [0.717, 1.165) is 0 Å². The highest BCUT2D eigenvalue weighted by Crippen LogP contribution is 2.08. The molecule has 6 nitrogen and oxygen atoms in total. The van der Waals surface area contributed by atoms with Crippen LogP contribution in [0.25, 0.3) is 0 Å². The Morgan fingerprint density at radius 3 is 3.20 bits per heavy atom. The summed E-state index contributed by atoms with van der Waals surface area (Å²) in [7, 11) is 0. The van der Waals surface area contributed by atoms with Crippen LogP contribution in [0.15, 0.2) is 23.2 Å². The number of hydrogen-bond donors (Lipinski definition) is 1. The number of hydrazine groups is 1. The van der Waals surface area contributed by atoms with Crippen molar-refractivity contribution in [3.05, 3.63) is 18.7 Å². The summed E-state index contributed by atoms with van der Waals surface area (Å²) in [6.07, 6.45) is 4.53. The van der Waals surface area contributed by atoms with Crippen LogP contribution in [0, 0.1) is 0 Å². The van der Waals surface area contributed by atoms with Gasteiger partial charge in [-0.3, -0.25) is 0 Å². The number of rotatable bonds is 1. The average Bonchev–Trinajstić information content (AvgIpc) is 2.59. The van der Waals surface area contributed by atoms with Gasteiger partial charge in [-0.15, -0.1) is 0 Å². The Morgan fingerprint density at radius 2 is 2.60 bits per heavy atom. The molecule has 10 heavy (non-hydrogen) atoms. The van der Waals surface area contributed by atoms with Crippen molar-refractivity contribution in [2.24, 2.45) is 0 Å². The summed E-state index contributed by atoms with van der Waals surface area (Å²) in [6, 6.07) is 0. The first kappa shape index (κ1) is 5.24. The number of hydrogen-bond acceptors (Lipinski definition) is 6. The standard InChI is InChI=1S/C4H4N4O2/c1-2-9-7-8(1)4-3-10-6-5-4/h1-3,7H. The summed E-state index contributed by atoms with van der Waals surface area (Å²) >= 11 is 0. The first-order valence-electron chi connectivity index (χ1n) is 2.61. The molecule has 0 saturated heterocycles. The predicted molar refractivity (Wildman–Crippen MR) is 30.1 cm³/mol. The first-order valence-corrected chi connectivity index (χ1v) is 2.61. The van der Waals surface area contributed by atoms with Crippen LogP contribution >= 0.6 is 0 Å². The number of anilines is 1. The molecule has 1 aromatic rings. The smallest absolute Gasteiger partial charge is 0.213 e. The minimum atomic E-state index is 0.550. The van der Waals surface area contributed by atoms with Crippen LogP contribution in [-0.2, 0) is 4.84 Å². The lowest BCUT2D eigenvalue weighted by molar-refractivity contribution is 0.158. The van der Waals surface area contributed by atoms with E-state index in [9.17, 15) is 0 Å². The minimum Gasteiger partial charge on any atom is -0.395 e. The van der Waals surface area contributed by atoms with Crippen LogP contribution in [-0.4, -0.2) is 10.4 Å². The summed E-state index contributed by atoms with van der Waals surface area (Å²) in [4.78, 5) is 4.67. The van der Waals surface area contributed by atoms with E-state index in [1.807, 2.05) is 0 Å². The Hall–Kier alpha value is -1.56. The molecule has 1 aliphatic heterocycles. The average molecular weight is 140 g/mol. The van der Waals surface area contributed by atoms with Gasteiger partial charge >= 0.3 is 0 Å². The molecule has 0 saturated carbocycles. The third kappa shape index (κ3) is 0.705. The van der Waals surface area contributed by atoms with E-state index in [2.05, 4.69) is 25.3 Å². The maximum atomic E-state index is 4.67. The monoisotopic (exact) mass is 140 g/mol. The summed E-state index contributed by atoms with van der Waals surface area (Å²) in [5.41, 5.74) is 2.52. The molecule has 0 spiro atoms. The number of aromatic nitrogens is 2. The van der Waals surface area contributed by atoms with Crippen molar-refractivity contribution in [1.29, 1.82) is 0 Å². The summed E-state index contributed by atoms with van der Waals surface area (Å²) in [5, 5.41) is 8.41. The van der Waals surface area contributed by atoms with E-state index in [0.29, 0.717) is 5.82 Å². The van der Waals surface area contributed by atoms with Gasteiger partial charge in [-0.2, -0.15) is 0 Å². The maximum absolute atomic E-state index is 4.67. The normalized spacial score (nSPS) is 15.8. The fourth-order valence-corrected chi connectivity index (χ4v) is 0.597. The van der Waals surface area contributed by atoms with Gasteiger partial charge in [0.25, 0.3) is 0 Å². The molecule has 6 heteroatoms. The van der Waals surface area contributed by atoms with Gasteiger partial charge in [-0.1, -0.05) is 10.7 Å². The molecule has 0 unspecified atom stereocenters. The molecule has 0 aromatic carbocycles. The van der Waals surface area contributed by atoms with Crippen LogP contribution in [0.3, 0.4) is 0 Å². The quantitative estimate of drug-likeness (QED) is 0.582. The number of nitrogens with one attached hydrogen (secondary N) is 1. The van der Waals surface area contributed by atoms with E-state index in [4.69, 9.17) is 0 Å². The second kappa shape index (κ2) is 1.99.